The summed E-state index contributed by atoms with van der Waals surface area (Å²) in [5, 5.41) is 4.70. The maximum atomic E-state index is 12.6. The Morgan fingerprint density at radius 2 is 1.75 bits per heavy atom. The van der Waals surface area contributed by atoms with Gasteiger partial charge in [-0.2, -0.15) is 0 Å². The van der Waals surface area contributed by atoms with E-state index in [0.717, 1.165) is 28.0 Å². The van der Waals surface area contributed by atoms with Crippen LogP contribution in [0.3, 0.4) is 0 Å². The van der Waals surface area contributed by atoms with Crippen LogP contribution in [0.1, 0.15) is 40.0 Å². The second-order valence-electron chi connectivity index (χ2n) is 6.67. The van der Waals surface area contributed by atoms with Gasteiger partial charge < -0.3 is 5.32 Å². The Morgan fingerprint density at radius 1 is 1.04 bits per heavy atom. The highest BCUT2D eigenvalue weighted by atomic mass is 32.2. The zero-order valence-corrected chi connectivity index (χ0v) is 17.5. The van der Waals surface area contributed by atoms with Gasteiger partial charge in [0.15, 0.2) is 0 Å². The van der Waals surface area contributed by atoms with Crippen molar-refractivity contribution in [1.29, 1.82) is 0 Å². The lowest BCUT2D eigenvalue weighted by Crippen LogP contribution is -2.27. The zero-order valence-electron chi connectivity index (χ0n) is 15.9. The molecule has 0 saturated heterocycles. The molecule has 3 aromatic rings. The highest BCUT2D eigenvalue weighted by molar-refractivity contribution is 7.94. The van der Waals surface area contributed by atoms with E-state index >= 15 is 0 Å². The number of sulfonamides is 1. The zero-order chi connectivity index (χ0) is 20.3. The quantitative estimate of drug-likeness (QED) is 0.616. The maximum Gasteiger partial charge on any atom is 0.271 e. The smallest absolute Gasteiger partial charge is 0.271 e. The summed E-state index contributed by atoms with van der Waals surface area (Å²) in [4.78, 5) is 12.6. The van der Waals surface area contributed by atoms with Gasteiger partial charge in [-0.15, -0.1) is 11.3 Å². The Bertz CT molecular complexity index is 1070. The third-order valence-electron chi connectivity index (χ3n) is 4.41. The van der Waals surface area contributed by atoms with Crippen molar-refractivity contribution in [2.45, 2.75) is 31.0 Å². The van der Waals surface area contributed by atoms with Crippen LogP contribution in [0.4, 0.5) is 5.69 Å². The number of nitrogens with one attached hydrogen (secondary N) is 2. The molecule has 1 atom stereocenters. The molecular weight excluding hydrogens is 392 g/mol. The van der Waals surface area contributed by atoms with E-state index in [1.165, 1.54) is 0 Å². The molecule has 2 aromatic carbocycles. The minimum absolute atomic E-state index is 0.135. The van der Waals surface area contributed by atoms with Crippen LogP contribution in [0.15, 0.2) is 64.2 Å². The normalized spacial score (nSPS) is 12.4. The Hall–Kier alpha value is -2.64. The molecule has 0 unspecified atom stereocenters. The third kappa shape index (κ3) is 4.61. The first-order valence-corrected chi connectivity index (χ1v) is 11.2. The first-order valence-electron chi connectivity index (χ1n) is 8.80. The number of anilines is 1. The highest BCUT2D eigenvalue weighted by Gasteiger charge is 2.16. The van der Waals surface area contributed by atoms with Crippen molar-refractivity contribution in [3.63, 3.8) is 0 Å². The number of thiophene rings is 1. The molecule has 1 amide bonds. The first-order chi connectivity index (χ1) is 13.3. The minimum atomic E-state index is -3.60. The van der Waals surface area contributed by atoms with Crippen LogP contribution >= 0.6 is 11.3 Å². The number of hydrogen-bond acceptors (Lipinski definition) is 4. The SMILES string of the molecule is Cc1ccc(C)c([C@H](C)NC(=O)c2ccc(NS(=O)(=O)c3cccs3)cc2)c1. The molecule has 0 aliphatic heterocycles. The van der Waals surface area contributed by atoms with Crippen molar-refractivity contribution in [3.8, 4) is 0 Å². The summed E-state index contributed by atoms with van der Waals surface area (Å²) in [5.41, 5.74) is 4.22. The molecule has 5 nitrogen and oxygen atoms in total. The van der Waals surface area contributed by atoms with Gasteiger partial charge in [-0.1, -0.05) is 29.8 Å². The Labute approximate surface area is 169 Å². The number of aryl methyl sites for hydroxylation is 2. The predicted octanol–water partition coefficient (Wildman–Crippen LogP) is 4.66. The van der Waals surface area contributed by atoms with Crippen LogP contribution in [-0.4, -0.2) is 14.3 Å². The number of carbonyl (C=O) groups excluding carboxylic acids is 1. The van der Waals surface area contributed by atoms with Crippen molar-refractivity contribution < 1.29 is 13.2 Å². The van der Waals surface area contributed by atoms with Crippen LogP contribution in [0.25, 0.3) is 0 Å². The molecule has 0 aliphatic rings. The Kier molecular flexibility index (Phi) is 5.86. The van der Waals surface area contributed by atoms with Crippen molar-refractivity contribution in [2.24, 2.45) is 0 Å². The van der Waals surface area contributed by atoms with Crippen molar-refractivity contribution in [3.05, 3.63) is 82.2 Å². The van der Waals surface area contributed by atoms with E-state index in [2.05, 4.69) is 16.1 Å². The van der Waals surface area contributed by atoms with Crippen LogP contribution in [0.2, 0.25) is 0 Å². The summed E-state index contributed by atoms with van der Waals surface area (Å²) in [6, 6.07) is 15.6. The molecule has 28 heavy (non-hydrogen) atoms. The van der Waals surface area contributed by atoms with Gasteiger partial charge in [0.05, 0.1) is 6.04 Å². The fourth-order valence-corrected chi connectivity index (χ4v) is 4.95. The lowest BCUT2D eigenvalue weighted by atomic mass is 9.99. The second kappa shape index (κ2) is 8.16. The van der Waals surface area contributed by atoms with Gasteiger partial charge in [-0.05, 0) is 67.6 Å². The van der Waals surface area contributed by atoms with E-state index < -0.39 is 10.0 Å². The van der Waals surface area contributed by atoms with E-state index in [4.69, 9.17) is 0 Å². The molecule has 3 rings (SSSR count). The van der Waals surface area contributed by atoms with Gasteiger partial charge in [0, 0.05) is 11.3 Å². The average Bonchev–Trinajstić information content (AvgIpc) is 3.19. The predicted molar refractivity (Wildman–Crippen MR) is 113 cm³/mol. The Balaban J connectivity index is 1.69. The molecule has 0 radical (unpaired) electrons. The molecule has 146 valence electrons. The summed E-state index contributed by atoms with van der Waals surface area (Å²) in [5.74, 6) is -0.207. The number of amides is 1. The number of benzene rings is 2. The summed E-state index contributed by atoms with van der Waals surface area (Å²) in [6.07, 6.45) is 0. The largest absolute Gasteiger partial charge is 0.346 e. The molecule has 0 aliphatic carbocycles. The molecular formula is C21H22N2O3S2. The lowest BCUT2D eigenvalue weighted by molar-refractivity contribution is 0.0940. The molecule has 1 aromatic heterocycles. The maximum absolute atomic E-state index is 12.6. The number of hydrogen-bond donors (Lipinski definition) is 2. The second-order valence-corrected chi connectivity index (χ2v) is 9.53. The van der Waals surface area contributed by atoms with Crippen LogP contribution in [0, 0.1) is 13.8 Å². The van der Waals surface area contributed by atoms with Gasteiger partial charge in [-0.3, -0.25) is 9.52 Å². The van der Waals surface area contributed by atoms with E-state index in [0.29, 0.717) is 11.3 Å². The summed E-state index contributed by atoms with van der Waals surface area (Å²) in [7, 11) is -3.60. The van der Waals surface area contributed by atoms with E-state index in [-0.39, 0.29) is 16.2 Å². The molecule has 0 fully saturated rings. The monoisotopic (exact) mass is 414 g/mol. The van der Waals surface area contributed by atoms with Gasteiger partial charge in [-0.25, -0.2) is 8.42 Å². The molecule has 1 heterocycles. The average molecular weight is 415 g/mol. The standard InChI is InChI=1S/C21H22N2O3S2/c1-14-6-7-15(2)19(13-14)16(3)22-21(24)17-8-10-18(11-9-17)23-28(25,26)20-5-4-12-27-20/h4-13,16,23H,1-3H3,(H,22,24)/t16-/m0/s1. The van der Waals surface area contributed by atoms with Gasteiger partial charge >= 0.3 is 0 Å². The summed E-state index contributed by atoms with van der Waals surface area (Å²) >= 11 is 1.15. The first kappa shape index (κ1) is 20.1. The van der Waals surface area contributed by atoms with E-state index in [1.807, 2.05) is 32.9 Å². The van der Waals surface area contributed by atoms with Gasteiger partial charge in [0.25, 0.3) is 15.9 Å². The fourth-order valence-electron chi connectivity index (χ4n) is 2.90. The topological polar surface area (TPSA) is 75.3 Å². The van der Waals surface area contributed by atoms with Crippen LogP contribution in [-0.2, 0) is 10.0 Å². The molecule has 0 bridgehead atoms. The third-order valence-corrected chi connectivity index (χ3v) is 7.19. The molecule has 0 saturated carbocycles. The van der Waals surface area contributed by atoms with Gasteiger partial charge in [0.1, 0.15) is 4.21 Å². The van der Waals surface area contributed by atoms with Gasteiger partial charge in [0.2, 0.25) is 0 Å². The fraction of sp³-hybridized carbons (Fsp3) is 0.190. The number of carbonyl (C=O) groups is 1. The summed E-state index contributed by atoms with van der Waals surface area (Å²) in [6.45, 7) is 5.99. The van der Waals surface area contributed by atoms with E-state index in [9.17, 15) is 13.2 Å². The lowest BCUT2D eigenvalue weighted by Gasteiger charge is -2.17. The number of rotatable bonds is 6. The van der Waals surface area contributed by atoms with Crippen molar-refractivity contribution in [1.82, 2.24) is 5.32 Å². The summed E-state index contributed by atoms with van der Waals surface area (Å²) < 4.78 is 27.3. The molecule has 7 heteroatoms. The van der Waals surface area contributed by atoms with Crippen LogP contribution < -0.4 is 10.0 Å². The van der Waals surface area contributed by atoms with Crippen molar-refractivity contribution in [2.75, 3.05) is 4.72 Å². The molecule has 2 N–H and O–H groups in total. The van der Waals surface area contributed by atoms with E-state index in [1.54, 1.807) is 41.8 Å². The highest BCUT2D eigenvalue weighted by Crippen LogP contribution is 2.22. The Morgan fingerprint density at radius 3 is 2.39 bits per heavy atom. The molecule has 0 spiro atoms. The minimum Gasteiger partial charge on any atom is -0.346 e. The van der Waals surface area contributed by atoms with Crippen molar-refractivity contribution >= 4 is 33.0 Å². The van der Waals surface area contributed by atoms with Crippen LogP contribution in [0.5, 0.6) is 0 Å².